The van der Waals surface area contributed by atoms with Crippen LogP contribution in [0.3, 0.4) is 0 Å². The number of ketones is 1. The Morgan fingerprint density at radius 1 is 1.42 bits per heavy atom. The number of hydrogen-bond donors (Lipinski definition) is 0. The normalized spacial score (nSPS) is 20.8. The molecule has 0 saturated carbocycles. The fourth-order valence-electron chi connectivity index (χ4n) is 1.29. The Kier molecular flexibility index (Phi) is 3.44. The van der Waals surface area contributed by atoms with Gasteiger partial charge in [0.25, 0.3) is 0 Å². The van der Waals surface area contributed by atoms with E-state index >= 15 is 0 Å². The third-order valence-electron chi connectivity index (χ3n) is 2.20. The number of hydrogen-bond acceptors (Lipinski definition) is 3. The standard InChI is InChI=1S/C9H16N2O/c1-3-9(12)8-11-6-4-10(2)5-7-11/h3H,1,4-8H2,2H3. The molecule has 1 saturated heterocycles. The Labute approximate surface area is 73.6 Å². The zero-order valence-electron chi connectivity index (χ0n) is 7.62. The minimum Gasteiger partial charge on any atom is -0.304 e. The summed E-state index contributed by atoms with van der Waals surface area (Å²) in [6, 6.07) is 0. The molecule has 3 heteroatoms. The Morgan fingerprint density at radius 2 is 2.00 bits per heavy atom. The van der Waals surface area contributed by atoms with Crippen LogP contribution in [-0.4, -0.2) is 55.4 Å². The van der Waals surface area contributed by atoms with Crippen LogP contribution in [0, 0.1) is 0 Å². The Balaban J connectivity index is 2.26. The van der Waals surface area contributed by atoms with E-state index < -0.39 is 0 Å². The van der Waals surface area contributed by atoms with Gasteiger partial charge in [0.1, 0.15) is 0 Å². The van der Waals surface area contributed by atoms with E-state index in [-0.39, 0.29) is 5.78 Å². The van der Waals surface area contributed by atoms with E-state index in [1.165, 1.54) is 6.08 Å². The highest BCUT2D eigenvalue weighted by Crippen LogP contribution is 1.98. The summed E-state index contributed by atoms with van der Waals surface area (Å²) in [7, 11) is 2.10. The number of carbonyl (C=O) groups is 1. The van der Waals surface area contributed by atoms with E-state index in [4.69, 9.17) is 0 Å². The van der Waals surface area contributed by atoms with Crippen LogP contribution < -0.4 is 0 Å². The molecule has 1 aliphatic heterocycles. The monoisotopic (exact) mass is 168 g/mol. The van der Waals surface area contributed by atoms with Crippen molar-refractivity contribution in [3.63, 3.8) is 0 Å². The molecule has 12 heavy (non-hydrogen) atoms. The second-order valence-corrected chi connectivity index (χ2v) is 3.25. The minimum absolute atomic E-state index is 0.125. The quantitative estimate of drug-likeness (QED) is 0.554. The lowest BCUT2D eigenvalue weighted by molar-refractivity contribution is -0.116. The highest BCUT2D eigenvalue weighted by atomic mass is 16.1. The molecule has 0 aliphatic carbocycles. The molecule has 1 rings (SSSR count). The van der Waals surface area contributed by atoms with Crippen molar-refractivity contribution in [3.05, 3.63) is 12.7 Å². The van der Waals surface area contributed by atoms with Crippen molar-refractivity contribution in [2.24, 2.45) is 0 Å². The second-order valence-electron chi connectivity index (χ2n) is 3.25. The predicted octanol–water partition coefficient (Wildman–Crippen LogP) is -0.0111. The summed E-state index contributed by atoms with van der Waals surface area (Å²) in [4.78, 5) is 15.4. The lowest BCUT2D eigenvalue weighted by atomic mass is 10.3. The molecule has 1 fully saturated rings. The summed E-state index contributed by atoms with van der Waals surface area (Å²) in [5.41, 5.74) is 0. The zero-order valence-corrected chi connectivity index (χ0v) is 7.62. The molecular formula is C9H16N2O. The molecule has 0 aromatic carbocycles. The van der Waals surface area contributed by atoms with Crippen molar-refractivity contribution < 1.29 is 4.79 Å². The molecule has 0 radical (unpaired) electrons. The summed E-state index contributed by atoms with van der Waals surface area (Å²) in [5, 5.41) is 0. The number of carbonyl (C=O) groups excluding carboxylic acids is 1. The SMILES string of the molecule is C=CC(=O)CN1CCN(C)CC1. The molecule has 0 aromatic rings. The molecule has 68 valence electrons. The van der Waals surface area contributed by atoms with Crippen LogP contribution in [0.4, 0.5) is 0 Å². The lowest BCUT2D eigenvalue weighted by Gasteiger charge is -2.31. The van der Waals surface area contributed by atoms with Gasteiger partial charge in [-0.25, -0.2) is 0 Å². The topological polar surface area (TPSA) is 23.6 Å². The molecule has 0 spiro atoms. The van der Waals surface area contributed by atoms with Crippen LogP contribution in [-0.2, 0) is 4.79 Å². The maximum Gasteiger partial charge on any atom is 0.169 e. The van der Waals surface area contributed by atoms with Crippen LogP contribution in [0.25, 0.3) is 0 Å². The van der Waals surface area contributed by atoms with E-state index in [1.54, 1.807) is 0 Å². The first-order valence-corrected chi connectivity index (χ1v) is 4.28. The highest BCUT2D eigenvalue weighted by molar-refractivity contribution is 5.90. The summed E-state index contributed by atoms with van der Waals surface area (Å²) >= 11 is 0. The number of likely N-dealkylation sites (N-methyl/N-ethyl adjacent to an activating group) is 1. The fraction of sp³-hybridized carbons (Fsp3) is 0.667. The van der Waals surface area contributed by atoms with E-state index in [1.807, 2.05) is 0 Å². The van der Waals surface area contributed by atoms with Gasteiger partial charge in [-0.1, -0.05) is 6.58 Å². The third kappa shape index (κ3) is 2.75. The Bertz CT molecular complexity index is 171. The van der Waals surface area contributed by atoms with Crippen molar-refractivity contribution in [1.82, 2.24) is 9.80 Å². The van der Waals surface area contributed by atoms with Gasteiger partial charge in [-0.15, -0.1) is 0 Å². The van der Waals surface area contributed by atoms with Gasteiger partial charge in [0.05, 0.1) is 6.54 Å². The minimum atomic E-state index is 0.125. The smallest absolute Gasteiger partial charge is 0.169 e. The summed E-state index contributed by atoms with van der Waals surface area (Å²) in [6.07, 6.45) is 1.40. The molecule has 0 atom stereocenters. The van der Waals surface area contributed by atoms with E-state index in [0.717, 1.165) is 26.2 Å². The third-order valence-corrected chi connectivity index (χ3v) is 2.20. The van der Waals surface area contributed by atoms with Crippen LogP contribution in [0.2, 0.25) is 0 Å². The van der Waals surface area contributed by atoms with Gasteiger partial charge in [0.2, 0.25) is 0 Å². The van der Waals surface area contributed by atoms with Crippen LogP contribution in [0.15, 0.2) is 12.7 Å². The van der Waals surface area contributed by atoms with Crippen LogP contribution in [0.5, 0.6) is 0 Å². The lowest BCUT2D eigenvalue weighted by Crippen LogP contribution is -2.46. The second kappa shape index (κ2) is 4.38. The molecule has 1 heterocycles. The Morgan fingerprint density at radius 3 is 2.50 bits per heavy atom. The molecular weight excluding hydrogens is 152 g/mol. The van der Waals surface area contributed by atoms with Gasteiger partial charge in [-0.05, 0) is 13.1 Å². The van der Waals surface area contributed by atoms with Crippen molar-refractivity contribution in [2.45, 2.75) is 0 Å². The van der Waals surface area contributed by atoms with Crippen molar-refractivity contribution in [3.8, 4) is 0 Å². The molecule has 3 nitrogen and oxygen atoms in total. The maximum absolute atomic E-state index is 11.0. The van der Waals surface area contributed by atoms with Crippen molar-refractivity contribution >= 4 is 5.78 Å². The molecule has 0 N–H and O–H groups in total. The molecule has 0 amide bonds. The number of rotatable bonds is 3. The summed E-state index contributed by atoms with van der Waals surface area (Å²) in [5.74, 6) is 0.125. The molecule has 1 aliphatic rings. The van der Waals surface area contributed by atoms with Crippen molar-refractivity contribution in [2.75, 3.05) is 39.8 Å². The zero-order chi connectivity index (χ0) is 8.97. The summed E-state index contributed by atoms with van der Waals surface area (Å²) < 4.78 is 0. The molecule has 0 bridgehead atoms. The average Bonchev–Trinajstić information content (AvgIpc) is 2.09. The van der Waals surface area contributed by atoms with Crippen LogP contribution >= 0.6 is 0 Å². The predicted molar refractivity (Wildman–Crippen MR) is 49.1 cm³/mol. The molecule has 0 unspecified atom stereocenters. The van der Waals surface area contributed by atoms with Crippen LogP contribution in [0.1, 0.15) is 0 Å². The molecule has 0 aromatic heterocycles. The van der Waals surface area contributed by atoms with Gasteiger partial charge in [0.15, 0.2) is 5.78 Å². The first-order chi connectivity index (χ1) is 5.72. The first-order valence-electron chi connectivity index (χ1n) is 4.28. The number of nitrogens with zero attached hydrogens (tertiary/aromatic N) is 2. The van der Waals surface area contributed by atoms with E-state index in [9.17, 15) is 4.79 Å². The van der Waals surface area contributed by atoms with E-state index in [0.29, 0.717) is 6.54 Å². The average molecular weight is 168 g/mol. The first kappa shape index (κ1) is 9.42. The Hall–Kier alpha value is -0.670. The van der Waals surface area contributed by atoms with Crippen molar-refractivity contribution in [1.29, 1.82) is 0 Å². The largest absolute Gasteiger partial charge is 0.304 e. The number of piperazine rings is 1. The van der Waals surface area contributed by atoms with Gasteiger partial charge < -0.3 is 4.90 Å². The maximum atomic E-state index is 11.0. The highest BCUT2D eigenvalue weighted by Gasteiger charge is 2.14. The van der Waals surface area contributed by atoms with Gasteiger partial charge in [-0.2, -0.15) is 0 Å². The van der Waals surface area contributed by atoms with Gasteiger partial charge in [0, 0.05) is 26.2 Å². The van der Waals surface area contributed by atoms with Gasteiger partial charge >= 0.3 is 0 Å². The van der Waals surface area contributed by atoms with Gasteiger partial charge in [-0.3, -0.25) is 9.69 Å². The summed E-state index contributed by atoms with van der Waals surface area (Å²) in [6.45, 7) is 8.11. The van der Waals surface area contributed by atoms with E-state index in [2.05, 4.69) is 23.4 Å². The fourth-order valence-corrected chi connectivity index (χ4v) is 1.29.